The summed E-state index contributed by atoms with van der Waals surface area (Å²) in [5, 5.41) is 3.06. The molecule has 3 nitrogen and oxygen atoms in total. The molecule has 16 heavy (non-hydrogen) atoms. The third-order valence-corrected chi connectivity index (χ3v) is 3.03. The molecule has 0 atom stereocenters. The maximum absolute atomic E-state index is 4.62. The van der Waals surface area contributed by atoms with Gasteiger partial charge < -0.3 is 0 Å². The number of aryl methyl sites for hydroxylation is 1. The Labute approximate surface area is 101 Å². The van der Waals surface area contributed by atoms with Crippen LogP contribution in [0.15, 0.2) is 29.3 Å². The zero-order valence-corrected chi connectivity index (χ0v) is 10.9. The fraction of sp³-hybridized carbons (Fsp3) is 0.417. The van der Waals surface area contributed by atoms with Crippen LogP contribution in [0.25, 0.3) is 0 Å². The van der Waals surface area contributed by atoms with Crippen LogP contribution in [0, 0.1) is 6.92 Å². The van der Waals surface area contributed by atoms with Gasteiger partial charge in [0.05, 0.1) is 5.69 Å². The van der Waals surface area contributed by atoms with Crippen molar-refractivity contribution < 1.29 is 0 Å². The largest absolute Gasteiger partial charge is 0.252 e. The second-order valence-electron chi connectivity index (χ2n) is 4.44. The number of hydrogen-bond donors (Lipinski definition) is 1. The van der Waals surface area contributed by atoms with Crippen LogP contribution < -0.4 is 10.4 Å². The number of hydrogen-bond acceptors (Lipinski definition) is 4. The Bertz CT molecular complexity index is 426. The SMILES string of the molecule is CSC1=NC(C)(C)NN1c1cccc(C)c1. The number of rotatable bonds is 1. The summed E-state index contributed by atoms with van der Waals surface area (Å²) in [5.74, 6) is 0. The zero-order chi connectivity index (χ0) is 11.8. The monoisotopic (exact) mass is 235 g/mol. The van der Waals surface area contributed by atoms with Gasteiger partial charge in [-0.2, -0.15) is 0 Å². The van der Waals surface area contributed by atoms with E-state index in [0.29, 0.717) is 0 Å². The second kappa shape index (κ2) is 4.11. The fourth-order valence-corrected chi connectivity index (χ4v) is 2.37. The molecule has 86 valence electrons. The zero-order valence-electron chi connectivity index (χ0n) is 10.1. The minimum atomic E-state index is -0.220. The molecule has 1 N–H and O–H groups in total. The van der Waals surface area contributed by atoms with Crippen molar-refractivity contribution in [1.29, 1.82) is 0 Å². The summed E-state index contributed by atoms with van der Waals surface area (Å²) >= 11 is 1.66. The quantitative estimate of drug-likeness (QED) is 0.811. The number of hydrazine groups is 1. The molecule has 1 aromatic carbocycles. The topological polar surface area (TPSA) is 27.6 Å². The smallest absolute Gasteiger partial charge is 0.180 e. The lowest BCUT2D eigenvalue weighted by molar-refractivity contribution is 0.448. The minimum Gasteiger partial charge on any atom is -0.252 e. The van der Waals surface area contributed by atoms with Crippen molar-refractivity contribution in [3.8, 4) is 0 Å². The number of nitrogens with zero attached hydrogens (tertiary/aromatic N) is 2. The van der Waals surface area contributed by atoms with Gasteiger partial charge in [-0.1, -0.05) is 23.9 Å². The van der Waals surface area contributed by atoms with Crippen molar-refractivity contribution in [3.05, 3.63) is 29.8 Å². The maximum atomic E-state index is 4.62. The van der Waals surface area contributed by atoms with Crippen LogP contribution in [0.1, 0.15) is 19.4 Å². The van der Waals surface area contributed by atoms with Crippen molar-refractivity contribution in [3.63, 3.8) is 0 Å². The number of benzene rings is 1. The lowest BCUT2D eigenvalue weighted by Gasteiger charge is -2.23. The van der Waals surface area contributed by atoms with E-state index < -0.39 is 0 Å². The molecule has 0 spiro atoms. The van der Waals surface area contributed by atoms with Crippen molar-refractivity contribution in [2.45, 2.75) is 26.4 Å². The average Bonchev–Trinajstić information content (AvgIpc) is 2.54. The standard InChI is InChI=1S/C12H17N3S/c1-9-6-5-7-10(8-9)15-11(16-4)13-12(2,3)14-15/h5-8,14H,1-4H3. The first kappa shape index (κ1) is 11.5. The maximum Gasteiger partial charge on any atom is 0.180 e. The van der Waals surface area contributed by atoms with Crippen LogP contribution in [-0.4, -0.2) is 17.1 Å². The highest BCUT2D eigenvalue weighted by molar-refractivity contribution is 8.13. The highest BCUT2D eigenvalue weighted by atomic mass is 32.2. The normalized spacial score (nSPS) is 18.8. The highest BCUT2D eigenvalue weighted by Crippen LogP contribution is 2.26. The second-order valence-corrected chi connectivity index (χ2v) is 5.22. The molecule has 0 fully saturated rings. The lowest BCUT2D eigenvalue weighted by atomic mass is 10.2. The van der Waals surface area contributed by atoms with Gasteiger partial charge >= 0.3 is 0 Å². The molecule has 0 saturated carbocycles. The fourth-order valence-electron chi connectivity index (χ4n) is 1.71. The Balaban J connectivity index is 2.33. The Morgan fingerprint density at radius 1 is 1.38 bits per heavy atom. The Morgan fingerprint density at radius 2 is 2.12 bits per heavy atom. The molecule has 0 unspecified atom stereocenters. The van der Waals surface area contributed by atoms with Gasteiger partial charge in [0.15, 0.2) is 5.17 Å². The van der Waals surface area contributed by atoms with Gasteiger partial charge in [-0.25, -0.2) is 10.4 Å². The summed E-state index contributed by atoms with van der Waals surface area (Å²) in [6, 6.07) is 8.41. The predicted molar refractivity (Wildman–Crippen MR) is 71.8 cm³/mol. The van der Waals surface area contributed by atoms with Gasteiger partial charge in [-0.05, 0) is 44.7 Å². The van der Waals surface area contributed by atoms with E-state index in [1.165, 1.54) is 5.56 Å². The molecular formula is C12H17N3S. The van der Waals surface area contributed by atoms with E-state index >= 15 is 0 Å². The van der Waals surface area contributed by atoms with Crippen molar-refractivity contribution in [2.75, 3.05) is 11.3 Å². The van der Waals surface area contributed by atoms with E-state index in [0.717, 1.165) is 10.9 Å². The van der Waals surface area contributed by atoms with Gasteiger partial charge in [-0.3, -0.25) is 5.01 Å². The van der Waals surface area contributed by atoms with Gasteiger partial charge in [0.2, 0.25) is 0 Å². The summed E-state index contributed by atoms with van der Waals surface area (Å²) < 4.78 is 0. The average molecular weight is 235 g/mol. The number of nitrogens with one attached hydrogen (secondary N) is 1. The van der Waals surface area contributed by atoms with Crippen LogP contribution in [-0.2, 0) is 0 Å². The van der Waals surface area contributed by atoms with Crippen LogP contribution in [0.4, 0.5) is 5.69 Å². The van der Waals surface area contributed by atoms with E-state index in [-0.39, 0.29) is 5.66 Å². The molecule has 2 rings (SSSR count). The van der Waals surface area contributed by atoms with Crippen molar-refractivity contribution in [2.24, 2.45) is 4.99 Å². The number of aliphatic imine (C=N–C) groups is 1. The van der Waals surface area contributed by atoms with Crippen LogP contribution >= 0.6 is 11.8 Å². The van der Waals surface area contributed by atoms with E-state index in [4.69, 9.17) is 0 Å². The van der Waals surface area contributed by atoms with Crippen molar-refractivity contribution >= 4 is 22.6 Å². The third kappa shape index (κ3) is 2.23. The molecule has 0 aromatic heterocycles. The Morgan fingerprint density at radius 3 is 2.75 bits per heavy atom. The van der Waals surface area contributed by atoms with E-state index in [1.54, 1.807) is 11.8 Å². The van der Waals surface area contributed by atoms with Gasteiger partial charge in [-0.15, -0.1) is 0 Å². The van der Waals surface area contributed by atoms with Crippen molar-refractivity contribution in [1.82, 2.24) is 5.43 Å². The van der Waals surface area contributed by atoms with Crippen LogP contribution in [0.3, 0.4) is 0 Å². The summed E-state index contributed by atoms with van der Waals surface area (Å²) in [7, 11) is 0. The molecule has 0 radical (unpaired) electrons. The molecule has 1 aliphatic rings. The molecular weight excluding hydrogens is 218 g/mol. The Hall–Kier alpha value is -1.00. The molecule has 0 amide bonds. The number of thioether (sulfide) groups is 1. The van der Waals surface area contributed by atoms with E-state index in [1.807, 2.05) is 6.26 Å². The summed E-state index contributed by atoms with van der Waals surface area (Å²) in [6.45, 7) is 6.23. The van der Waals surface area contributed by atoms with Crippen LogP contribution in [0.5, 0.6) is 0 Å². The molecule has 0 saturated heterocycles. The molecule has 4 heteroatoms. The molecule has 1 aliphatic heterocycles. The first-order valence-corrected chi connectivity index (χ1v) is 6.53. The van der Waals surface area contributed by atoms with Gasteiger partial charge in [0, 0.05) is 0 Å². The van der Waals surface area contributed by atoms with Gasteiger partial charge in [0.25, 0.3) is 0 Å². The molecule has 1 aromatic rings. The minimum absolute atomic E-state index is 0.220. The summed E-state index contributed by atoms with van der Waals surface area (Å²) in [4.78, 5) is 4.62. The van der Waals surface area contributed by atoms with E-state index in [2.05, 4.69) is 60.5 Å². The van der Waals surface area contributed by atoms with Gasteiger partial charge in [0.1, 0.15) is 5.66 Å². The summed E-state index contributed by atoms with van der Waals surface area (Å²) in [5.41, 5.74) is 5.56. The third-order valence-electron chi connectivity index (χ3n) is 2.39. The molecule has 0 aliphatic carbocycles. The summed E-state index contributed by atoms with van der Waals surface area (Å²) in [6.07, 6.45) is 2.05. The van der Waals surface area contributed by atoms with Crippen LogP contribution in [0.2, 0.25) is 0 Å². The number of anilines is 1. The first-order chi connectivity index (χ1) is 7.52. The molecule has 1 heterocycles. The molecule has 0 bridgehead atoms. The van der Waals surface area contributed by atoms with E-state index in [9.17, 15) is 0 Å². The Kier molecular flexibility index (Phi) is 2.95. The first-order valence-electron chi connectivity index (χ1n) is 5.30. The predicted octanol–water partition coefficient (Wildman–Crippen LogP) is 2.77. The highest BCUT2D eigenvalue weighted by Gasteiger charge is 2.30. The number of amidine groups is 1. The lowest BCUT2D eigenvalue weighted by Crippen LogP contribution is -2.44.